The lowest BCUT2D eigenvalue weighted by Gasteiger charge is -2.40. The summed E-state index contributed by atoms with van der Waals surface area (Å²) in [6.45, 7) is 3.66. The summed E-state index contributed by atoms with van der Waals surface area (Å²) in [5.74, 6) is -0.199. The second-order valence-electron chi connectivity index (χ2n) is 16.5. The monoisotopic (exact) mass is 796 g/mol. The highest BCUT2D eigenvalue weighted by molar-refractivity contribution is 5.76. The number of carbonyl (C=O) groups excluding carboxylic acids is 1. The van der Waals surface area contributed by atoms with Crippen LogP contribution < -0.4 is 5.32 Å². The fourth-order valence-corrected chi connectivity index (χ4v) is 7.47. The predicted molar refractivity (Wildman–Crippen MR) is 230 cm³/mol. The molecule has 0 aliphatic carbocycles. The van der Waals surface area contributed by atoms with E-state index in [-0.39, 0.29) is 12.5 Å². The van der Waals surface area contributed by atoms with Gasteiger partial charge in [-0.1, -0.05) is 199 Å². The van der Waals surface area contributed by atoms with Crippen molar-refractivity contribution in [1.82, 2.24) is 5.32 Å². The van der Waals surface area contributed by atoms with Crippen LogP contribution in [0.15, 0.2) is 24.3 Å². The number of unbranched alkanes of at least 4 members (excludes halogenated alkanes) is 27. The zero-order chi connectivity index (χ0) is 40.9. The minimum absolute atomic E-state index is 0.199. The summed E-state index contributed by atoms with van der Waals surface area (Å²) < 4.78 is 11.1. The summed E-state index contributed by atoms with van der Waals surface area (Å²) in [5, 5.41) is 53.8. The van der Waals surface area contributed by atoms with Gasteiger partial charge in [0.1, 0.15) is 24.4 Å². The van der Waals surface area contributed by atoms with Crippen LogP contribution in [-0.4, -0.2) is 87.5 Å². The van der Waals surface area contributed by atoms with Crippen LogP contribution in [0.4, 0.5) is 0 Å². The van der Waals surface area contributed by atoms with E-state index < -0.39 is 49.5 Å². The number of aliphatic hydroxyl groups is 5. The lowest BCUT2D eigenvalue weighted by molar-refractivity contribution is -0.302. The Hall–Kier alpha value is -1.33. The maximum atomic E-state index is 12.7. The van der Waals surface area contributed by atoms with Gasteiger partial charge in [-0.05, 0) is 32.1 Å². The van der Waals surface area contributed by atoms with Gasteiger partial charge < -0.3 is 40.3 Å². The van der Waals surface area contributed by atoms with Gasteiger partial charge in [-0.15, -0.1) is 0 Å². The molecule has 0 spiro atoms. The number of aliphatic hydroxyl groups excluding tert-OH is 5. The van der Waals surface area contributed by atoms with E-state index in [2.05, 4.69) is 31.3 Å². The standard InChI is InChI=1S/C47H89NO8/c1-3-5-7-9-10-11-12-13-14-15-16-17-18-19-20-21-22-23-24-25-26-27-28-29-30-31-33-34-36-41(50)40(48-43(51)37-35-32-8-6-4-2)39-55-47-46(54)45(53)44(52)42(38-49)56-47/h29-30,34,36,40-42,44-47,49-50,52-54H,3-28,31-33,35,37-39H2,1-2H3,(H,48,51)/b30-29+,36-34+. The first kappa shape index (κ1) is 52.7. The van der Waals surface area contributed by atoms with Crippen LogP contribution in [0.5, 0.6) is 0 Å². The molecule has 0 aromatic heterocycles. The minimum Gasteiger partial charge on any atom is -0.394 e. The quantitative estimate of drug-likeness (QED) is 0.0266. The van der Waals surface area contributed by atoms with E-state index in [0.717, 1.165) is 51.4 Å². The van der Waals surface area contributed by atoms with Gasteiger partial charge in [0.05, 0.1) is 25.4 Å². The van der Waals surface area contributed by atoms with Crippen molar-refractivity contribution in [3.8, 4) is 0 Å². The average Bonchev–Trinajstić information content (AvgIpc) is 3.20. The molecule has 1 saturated heterocycles. The Morgan fingerprint density at radius 3 is 1.50 bits per heavy atom. The Labute approximate surface area is 343 Å². The molecular weight excluding hydrogens is 707 g/mol. The molecule has 9 heteroatoms. The Morgan fingerprint density at radius 1 is 0.589 bits per heavy atom. The zero-order valence-electron chi connectivity index (χ0n) is 36.1. The third kappa shape index (κ3) is 28.2. The molecule has 6 N–H and O–H groups in total. The van der Waals surface area contributed by atoms with E-state index in [9.17, 15) is 30.3 Å². The summed E-state index contributed by atoms with van der Waals surface area (Å²) in [6, 6.07) is -0.814. The van der Waals surface area contributed by atoms with E-state index in [4.69, 9.17) is 9.47 Å². The Bertz CT molecular complexity index is 930. The van der Waals surface area contributed by atoms with Gasteiger partial charge in [0.25, 0.3) is 0 Å². The number of nitrogens with one attached hydrogen (secondary N) is 1. The first-order valence-corrected chi connectivity index (χ1v) is 23.6. The summed E-state index contributed by atoms with van der Waals surface area (Å²) >= 11 is 0. The highest BCUT2D eigenvalue weighted by atomic mass is 16.7. The zero-order valence-corrected chi connectivity index (χ0v) is 36.1. The fourth-order valence-electron chi connectivity index (χ4n) is 7.47. The molecule has 56 heavy (non-hydrogen) atoms. The number of allylic oxidation sites excluding steroid dienone is 3. The van der Waals surface area contributed by atoms with E-state index in [1.54, 1.807) is 6.08 Å². The van der Waals surface area contributed by atoms with Crippen LogP contribution in [0.1, 0.15) is 213 Å². The Kier molecular flexibility index (Phi) is 35.7. The Balaban J connectivity index is 2.15. The summed E-state index contributed by atoms with van der Waals surface area (Å²) in [4.78, 5) is 12.7. The predicted octanol–water partition coefficient (Wildman–Crippen LogP) is 9.89. The molecule has 1 heterocycles. The number of amides is 1. The maximum absolute atomic E-state index is 12.7. The summed E-state index contributed by atoms with van der Waals surface area (Å²) in [5.41, 5.74) is 0. The average molecular weight is 796 g/mol. The SMILES string of the molecule is CCCCCCCCCCCCCCCCCCCCCCCC/C=C/CC/C=C/C(O)C(COC1OC(CO)C(O)C(O)C1O)NC(=O)CCCCCCC. The molecule has 0 aromatic carbocycles. The van der Waals surface area contributed by atoms with Crippen molar-refractivity contribution in [3.05, 3.63) is 24.3 Å². The molecule has 1 rings (SSSR count). The molecule has 0 bridgehead atoms. The molecule has 1 aliphatic rings. The molecule has 7 unspecified atom stereocenters. The van der Waals surface area contributed by atoms with Gasteiger partial charge in [-0.2, -0.15) is 0 Å². The fraction of sp³-hybridized carbons (Fsp3) is 0.894. The van der Waals surface area contributed by atoms with E-state index >= 15 is 0 Å². The summed E-state index contributed by atoms with van der Waals surface area (Å²) in [6.07, 6.45) is 38.7. The van der Waals surface area contributed by atoms with Gasteiger partial charge >= 0.3 is 0 Å². The lowest BCUT2D eigenvalue weighted by atomic mass is 9.99. The van der Waals surface area contributed by atoms with Crippen LogP contribution in [0.2, 0.25) is 0 Å². The normalized spacial score (nSPS) is 21.3. The second kappa shape index (κ2) is 37.9. The Morgan fingerprint density at radius 2 is 1.02 bits per heavy atom. The third-order valence-electron chi connectivity index (χ3n) is 11.3. The van der Waals surface area contributed by atoms with Crippen molar-refractivity contribution >= 4 is 5.91 Å². The molecule has 1 amide bonds. The highest BCUT2D eigenvalue weighted by Gasteiger charge is 2.44. The number of carbonyl (C=O) groups is 1. The van der Waals surface area contributed by atoms with Crippen LogP contribution in [0.25, 0.3) is 0 Å². The maximum Gasteiger partial charge on any atom is 0.220 e. The first-order chi connectivity index (χ1) is 27.3. The molecule has 1 aliphatic heterocycles. The van der Waals surface area contributed by atoms with Gasteiger partial charge in [-0.25, -0.2) is 0 Å². The molecule has 0 radical (unpaired) electrons. The van der Waals surface area contributed by atoms with Crippen LogP contribution >= 0.6 is 0 Å². The van der Waals surface area contributed by atoms with E-state index in [1.807, 2.05) is 6.08 Å². The van der Waals surface area contributed by atoms with Gasteiger partial charge in [0.2, 0.25) is 5.91 Å². The number of hydrogen-bond donors (Lipinski definition) is 6. The number of rotatable bonds is 39. The van der Waals surface area contributed by atoms with Crippen LogP contribution in [-0.2, 0) is 14.3 Å². The van der Waals surface area contributed by atoms with E-state index in [0.29, 0.717) is 6.42 Å². The van der Waals surface area contributed by atoms with Crippen molar-refractivity contribution < 1.29 is 39.8 Å². The lowest BCUT2D eigenvalue weighted by Crippen LogP contribution is -2.60. The van der Waals surface area contributed by atoms with Crippen LogP contribution in [0, 0.1) is 0 Å². The second-order valence-corrected chi connectivity index (χ2v) is 16.5. The minimum atomic E-state index is -1.57. The molecule has 7 atom stereocenters. The number of ether oxygens (including phenoxy) is 2. The molecule has 0 saturated carbocycles. The first-order valence-electron chi connectivity index (χ1n) is 23.6. The van der Waals surface area contributed by atoms with Gasteiger partial charge in [0.15, 0.2) is 6.29 Å². The number of hydrogen-bond acceptors (Lipinski definition) is 8. The van der Waals surface area contributed by atoms with Gasteiger partial charge in [-0.3, -0.25) is 4.79 Å². The van der Waals surface area contributed by atoms with Crippen molar-refractivity contribution in [2.24, 2.45) is 0 Å². The van der Waals surface area contributed by atoms with Crippen molar-refractivity contribution in [3.63, 3.8) is 0 Å². The molecule has 0 aromatic rings. The van der Waals surface area contributed by atoms with Crippen LogP contribution in [0.3, 0.4) is 0 Å². The van der Waals surface area contributed by atoms with Crippen molar-refractivity contribution in [2.75, 3.05) is 13.2 Å². The smallest absolute Gasteiger partial charge is 0.220 e. The molecule has 330 valence electrons. The molecule has 1 fully saturated rings. The highest BCUT2D eigenvalue weighted by Crippen LogP contribution is 2.23. The van der Waals surface area contributed by atoms with Gasteiger partial charge in [0, 0.05) is 6.42 Å². The van der Waals surface area contributed by atoms with Crippen molar-refractivity contribution in [2.45, 2.75) is 256 Å². The molecule has 9 nitrogen and oxygen atoms in total. The topological polar surface area (TPSA) is 149 Å². The van der Waals surface area contributed by atoms with Crippen molar-refractivity contribution in [1.29, 1.82) is 0 Å². The third-order valence-corrected chi connectivity index (χ3v) is 11.3. The summed E-state index contributed by atoms with van der Waals surface area (Å²) in [7, 11) is 0. The van der Waals surface area contributed by atoms with E-state index in [1.165, 1.54) is 141 Å². The molecular formula is C47H89NO8. The largest absolute Gasteiger partial charge is 0.394 e.